The molecule has 4 N–H and O–H groups in total. The molecule has 59 heavy (non-hydrogen) atoms. The molecule has 13 heteroatoms. The van der Waals surface area contributed by atoms with Crippen LogP contribution in [0.4, 0.5) is 34.6 Å². The van der Waals surface area contributed by atoms with E-state index in [0.717, 1.165) is 62.4 Å². The molecule has 4 saturated heterocycles. The van der Waals surface area contributed by atoms with Crippen LogP contribution in [-0.4, -0.2) is 89.9 Å². The third-order valence-electron chi connectivity index (χ3n) is 13.0. The van der Waals surface area contributed by atoms with Crippen LogP contribution in [0.1, 0.15) is 84.5 Å². The van der Waals surface area contributed by atoms with Gasteiger partial charge in [-0.15, -0.1) is 6.58 Å². The molecule has 6 heterocycles. The minimum Gasteiger partial charge on any atom is -0.372 e. The van der Waals surface area contributed by atoms with Gasteiger partial charge in [-0.3, -0.25) is 19.7 Å². The smallest absolute Gasteiger partial charge is 0.256 e. The molecule has 0 saturated carbocycles. The van der Waals surface area contributed by atoms with E-state index in [-0.39, 0.29) is 23.6 Å². The molecule has 3 amide bonds. The predicted molar refractivity (Wildman–Crippen MR) is 231 cm³/mol. The summed E-state index contributed by atoms with van der Waals surface area (Å²) >= 11 is 0. The highest BCUT2D eigenvalue weighted by atomic mass is 16.2. The number of nitrogens with zero attached hydrogens (tertiary/aromatic N) is 6. The summed E-state index contributed by atoms with van der Waals surface area (Å²) in [7, 11) is 0. The van der Waals surface area contributed by atoms with Crippen LogP contribution in [0.5, 0.6) is 0 Å². The van der Waals surface area contributed by atoms with Crippen LogP contribution in [0.15, 0.2) is 79.5 Å². The molecule has 2 unspecified atom stereocenters. The van der Waals surface area contributed by atoms with Gasteiger partial charge in [0.1, 0.15) is 17.2 Å². The molecular formula is C46H54N10O3. The number of hydrogen-bond donors (Lipinski definition) is 4. The number of amides is 3. The maximum absolute atomic E-state index is 13.1. The lowest BCUT2D eigenvalue weighted by atomic mass is 9.72. The molecule has 4 fully saturated rings. The number of benzene rings is 2. The normalized spacial score (nSPS) is 21.3. The standard InChI is InChI=1S/C46H54N10O3/c1-3-21-47-43(58)38-24-48-45(53-42(38)51-39-17-9-33-6-5-31(4-2)41(33)50-39)49-34-10-14-35(15-11-34)55-22-19-30(20-23-55)25-54-26-46(27-54)28-56(29-46)36-12-7-32(8-13-36)37-16-18-40(57)52-44(37)59/h3,7-15,17,24,30-31,37H,1,4-6,16,18-23,25-29H2,2H3,(H,47,58)(H,52,57,59)(H2,48,49,50,51,53). The second kappa shape index (κ2) is 16.4. The number of nitrogens with one attached hydrogen (secondary N) is 4. The fraction of sp³-hybridized carbons (Fsp3) is 0.435. The van der Waals surface area contributed by atoms with E-state index in [9.17, 15) is 14.4 Å². The van der Waals surface area contributed by atoms with E-state index in [1.54, 1.807) is 12.3 Å². The molecule has 1 aliphatic carbocycles. The average Bonchev–Trinajstić information content (AvgIpc) is 3.63. The second-order valence-electron chi connectivity index (χ2n) is 17.2. The van der Waals surface area contributed by atoms with Crippen molar-refractivity contribution in [1.82, 2.24) is 30.5 Å². The first-order chi connectivity index (χ1) is 28.7. The number of pyridine rings is 1. The summed E-state index contributed by atoms with van der Waals surface area (Å²) in [5.74, 6) is 1.72. The zero-order valence-corrected chi connectivity index (χ0v) is 33.9. The van der Waals surface area contributed by atoms with Gasteiger partial charge in [-0.2, -0.15) is 4.98 Å². The molecule has 2 aromatic heterocycles. The Labute approximate surface area is 346 Å². The fourth-order valence-electron chi connectivity index (χ4n) is 9.82. The van der Waals surface area contributed by atoms with Gasteiger partial charge in [0.05, 0.1) is 5.92 Å². The third-order valence-corrected chi connectivity index (χ3v) is 13.0. The van der Waals surface area contributed by atoms with Gasteiger partial charge in [0.25, 0.3) is 5.91 Å². The number of fused-ring (bicyclic) bond motifs is 1. The Bertz CT molecular complexity index is 2210. The molecule has 306 valence electrons. The average molecular weight is 795 g/mol. The number of likely N-dealkylation sites (tertiary alicyclic amines) is 1. The molecule has 4 aromatic rings. The van der Waals surface area contributed by atoms with Crippen molar-refractivity contribution < 1.29 is 14.4 Å². The largest absolute Gasteiger partial charge is 0.372 e. The number of rotatable bonds is 13. The Morgan fingerprint density at radius 3 is 2.36 bits per heavy atom. The van der Waals surface area contributed by atoms with Crippen molar-refractivity contribution in [2.75, 3.05) is 72.8 Å². The minimum atomic E-state index is -0.285. The van der Waals surface area contributed by atoms with Gasteiger partial charge in [-0.25, -0.2) is 9.97 Å². The first-order valence-corrected chi connectivity index (χ1v) is 21.3. The van der Waals surface area contributed by atoms with Gasteiger partial charge in [0.15, 0.2) is 0 Å². The lowest BCUT2D eigenvalue weighted by Gasteiger charge is -2.61. The van der Waals surface area contributed by atoms with Crippen molar-refractivity contribution in [3.63, 3.8) is 0 Å². The van der Waals surface area contributed by atoms with E-state index in [4.69, 9.17) is 9.97 Å². The van der Waals surface area contributed by atoms with Crippen molar-refractivity contribution in [1.29, 1.82) is 0 Å². The van der Waals surface area contributed by atoms with Crippen molar-refractivity contribution in [3.8, 4) is 0 Å². The molecule has 5 aliphatic rings. The summed E-state index contributed by atoms with van der Waals surface area (Å²) in [6, 6.07) is 20.9. The van der Waals surface area contributed by atoms with Gasteiger partial charge in [0.2, 0.25) is 17.8 Å². The van der Waals surface area contributed by atoms with Crippen LogP contribution in [-0.2, 0) is 16.0 Å². The highest BCUT2D eigenvalue weighted by Crippen LogP contribution is 2.43. The monoisotopic (exact) mass is 794 g/mol. The van der Waals surface area contributed by atoms with Crippen molar-refractivity contribution in [2.24, 2.45) is 11.3 Å². The van der Waals surface area contributed by atoms with Crippen molar-refractivity contribution >= 4 is 52.4 Å². The van der Waals surface area contributed by atoms with Crippen molar-refractivity contribution in [3.05, 3.63) is 102 Å². The molecule has 0 radical (unpaired) electrons. The van der Waals surface area contributed by atoms with E-state index in [0.29, 0.717) is 59.8 Å². The zero-order chi connectivity index (χ0) is 40.5. The van der Waals surface area contributed by atoms with E-state index in [1.807, 2.05) is 6.07 Å². The summed E-state index contributed by atoms with van der Waals surface area (Å²) in [5.41, 5.74) is 7.44. The first kappa shape index (κ1) is 38.7. The maximum atomic E-state index is 13.1. The molecule has 2 atom stereocenters. The van der Waals surface area contributed by atoms with Crippen LogP contribution >= 0.6 is 0 Å². The van der Waals surface area contributed by atoms with Gasteiger partial charge >= 0.3 is 0 Å². The number of aryl methyl sites for hydroxylation is 1. The number of carbonyl (C=O) groups excluding carboxylic acids is 3. The van der Waals surface area contributed by atoms with Gasteiger partial charge in [0, 0.05) is 99.1 Å². The molecule has 9 rings (SSSR count). The number of piperidine rings is 2. The maximum Gasteiger partial charge on any atom is 0.256 e. The second-order valence-corrected chi connectivity index (χ2v) is 17.2. The van der Waals surface area contributed by atoms with E-state index >= 15 is 0 Å². The number of carbonyl (C=O) groups is 3. The summed E-state index contributed by atoms with van der Waals surface area (Å²) in [6.07, 6.45) is 9.76. The summed E-state index contributed by atoms with van der Waals surface area (Å²) in [6.45, 7) is 14.0. The lowest BCUT2D eigenvalue weighted by molar-refractivity contribution is -0.134. The van der Waals surface area contributed by atoms with Crippen molar-refractivity contribution in [2.45, 2.75) is 63.7 Å². The fourth-order valence-corrected chi connectivity index (χ4v) is 9.82. The van der Waals surface area contributed by atoms with Crippen LogP contribution in [0.25, 0.3) is 0 Å². The van der Waals surface area contributed by atoms with E-state index < -0.39 is 0 Å². The first-order valence-electron chi connectivity index (χ1n) is 21.3. The van der Waals surface area contributed by atoms with E-state index in [2.05, 4.69) is 109 Å². The highest BCUT2D eigenvalue weighted by molar-refractivity contribution is 6.01. The molecular weight excluding hydrogens is 741 g/mol. The number of anilines is 6. The molecule has 2 aromatic carbocycles. The van der Waals surface area contributed by atoms with E-state index in [1.165, 1.54) is 49.4 Å². The SMILES string of the molecule is C=CCNC(=O)c1cnc(Nc2ccc(N3CCC(CN4CC5(C4)CN(c4ccc(C6CCC(=O)NC6=O)cc4)C5)CC3)cc2)nc1Nc1ccc2c(n1)C(CC)CC2. The Morgan fingerprint density at radius 1 is 0.881 bits per heavy atom. The third kappa shape index (κ3) is 8.25. The number of aromatic nitrogens is 3. The number of imide groups is 1. The quantitative estimate of drug-likeness (QED) is 0.0897. The minimum absolute atomic E-state index is 0.174. The van der Waals surface area contributed by atoms with Gasteiger partial charge in [-0.05, 0) is 98.0 Å². The highest BCUT2D eigenvalue weighted by Gasteiger charge is 2.51. The summed E-state index contributed by atoms with van der Waals surface area (Å²) in [4.78, 5) is 58.6. The Morgan fingerprint density at radius 2 is 1.63 bits per heavy atom. The summed E-state index contributed by atoms with van der Waals surface area (Å²) < 4.78 is 0. The molecule has 13 nitrogen and oxygen atoms in total. The number of hydrogen-bond acceptors (Lipinski definition) is 11. The Balaban J connectivity index is 0.744. The Hall–Kier alpha value is -5.82. The lowest BCUT2D eigenvalue weighted by Crippen LogP contribution is -2.72. The molecule has 1 spiro atoms. The molecule has 4 aliphatic heterocycles. The van der Waals surface area contributed by atoms with Crippen LogP contribution in [0.2, 0.25) is 0 Å². The zero-order valence-electron chi connectivity index (χ0n) is 33.9. The van der Waals surface area contributed by atoms with Gasteiger partial charge < -0.3 is 30.7 Å². The Kier molecular flexibility index (Phi) is 10.8. The van der Waals surface area contributed by atoms with Crippen LogP contribution in [0, 0.1) is 11.3 Å². The predicted octanol–water partition coefficient (Wildman–Crippen LogP) is 6.27. The van der Waals surface area contributed by atoms with Crippen LogP contribution in [0.3, 0.4) is 0 Å². The van der Waals surface area contributed by atoms with Crippen LogP contribution < -0.4 is 31.1 Å². The topological polar surface area (TPSA) is 148 Å². The molecule has 0 bridgehead atoms. The van der Waals surface area contributed by atoms with Gasteiger partial charge in [-0.1, -0.05) is 31.2 Å². The summed E-state index contributed by atoms with van der Waals surface area (Å²) in [5, 5.41) is 12.0.